The van der Waals surface area contributed by atoms with Crippen molar-refractivity contribution in [3.05, 3.63) is 58.3 Å². The van der Waals surface area contributed by atoms with Crippen molar-refractivity contribution < 1.29 is 9.59 Å². The fourth-order valence-electron chi connectivity index (χ4n) is 4.96. The van der Waals surface area contributed by atoms with Crippen LogP contribution in [0.5, 0.6) is 0 Å². The number of hydrazine groups is 1. The number of carbonyl (C=O) groups is 2. The average molecular weight is 394 g/mol. The van der Waals surface area contributed by atoms with E-state index in [2.05, 4.69) is 31.9 Å². The lowest BCUT2D eigenvalue weighted by molar-refractivity contribution is -0.132. The number of thiophene rings is 1. The second-order valence-corrected chi connectivity index (χ2v) is 8.94. The zero-order chi connectivity index (χ0) is 19.6. The number of nitrogens with zero attached hydrogens (tertiary/aromatic N) is 3. The molecular formula is C22H23N3O2S. The third kappa shape index (κ3) is 2.07. The van der Waals surface area contributed by atoms with Crippen LogP contribution >= 0.6 is 11.3 Å². The monoisotopic (exact) mass is 393 g/mol. The Labute approximate surface area is 168 Å². The van der Waals surface area contributed by atoms with Crippen LogP contribution in [0.25, 0.3) is 0 Å². The van der Waals surface area contributed by atoms with Gasteiger partial charge in [-0.15, -0.1) is 17.9 Å². The standard InChI is InChI=1S/C22H23N3O2S/c1-4-10-23-13-17-20(26)24(16-6-5-14(2)15(3)12-16)25-18-8-11-28-19(18)7-9-22(17,25)21(23)27/h4-6,8,11-12,17H,1,7,9-10,13H2,2-3H3. The molecule has 2 atom stereocenters. The van der Waals surface area contributed by atoms with Crippen molar-refractivity contribution in [3.63, 3.8) is 0 Å². The van der Waals surface area contributed by atoms with Gasteiger partial charge in [-0.3, -0.25) is 14.6 Å². The Kier molecular flexibility index (Phi) is 3.72. The molecule has 1 spiro atoms. The van der Waals surface area contributed by atoms with Gasteiger partial charge in [-0.2, -0.15) is 0 Å². The van der Waals surface area contributed by atoms with Crippen LogP contribution in [0.3, 0.4) is 0 Å². The molecular weight excluding hydrogens is 370 g/mol. The van der Waals surface area contributed by atoms with Gasteiger partial charge in [-0.05, 0) is 61.4 Å². The molecule has 2 unspecified atom stereocenters. The van der Waals surface area contributed by atoms with Crippen LogP contribution < -0.4 is 10.0 Å². The average Bonchev–Trinajstić information content (AvgIpc) is 3.32. The number of carbonyl (C=O) groups excluding carboxylic acids is 2. The van der Waals surface area contributed by atoms with Crippen molar-refractivity contribution in [2.24, 2.45) is 5.92 Å². The van der Waals surface area contributed by atoms with Crippen LogP contribution in [0.15, 0.2) is 42.3 Å². The smallest absolute Gasteiger partial charge is 0.253 e. The molecule has 4 heterocycles. The van der Waals surface area contributed by atoms with Gasteiger partial charge in [0.15, 0.2) is 5.54 Å². The minimum atomic E-state index is -0.813. The van der Waals surface area contributed by atoms with E-state index in [0.29, 0.717) is 19.5 Å². The minimum absolute atomic E-state index is 0.0159. The number of hydrogen-bond acceptors (Lipinski definition) is 4. The van der Waals surface area contributed by atoms with E-state index in [1.165, 1.54) is 10.4 Å². The summed E-state index contributed by atoms with van der Waals surface area (Å²) in [5.74, 6) is -0.286. The molecule has 1 aromatic heterocycles. The zero-order valence-corrected chi connectivity index (χ0v) is 17.0. The van der Waals surface area contributed by atoms with E-state index in [0.717, 1.165) is 23.4 Å². The number of likely N-dealkylation sites (tertiary alicyclic amines) is 1. The second kappa shape index (κ2) is 5.95. The maximum atomic E-state index is 13.7. The van der Waals surface area contributed by atoms with E-state index in [4.69, 9.17) is 0 Å². The number of benzene rings is 1. The van der Waals surface area contributed by atoms with Gasteiger partial charge < -0.3 is 4.90 Å². The number of aryl methyl sites for hydroxylation is 3. The molecule has 5 rings (SSSR count). The van der Waals surface area contributed by atoms with Gasteiger partial charge in [0.2, 0.25) is 0 Å². The van der Waals surface area contributed by atoms with E-state index >= 15 is 0 Å². The molecule has 3 aliphatic heterocycles. The van der Waals surface area contributed by atoms with E-state index < -0.39 is 5.54 Å². The Bertz CT molecular complexity index is 1010. The van der Waals surface area contributed by atoms with Crippen LogP contribution in [0, 0.1) is 19.8 Å². The number of hydrogen-bond donors (Lipinski definition) is 0. The Balaban J connectivity index is 1.70. The molecule has 0 saturated carbocycles. The molecule has 144 valence electrons. The Morgan fingerprint density at radius 3 is 2.82 bits per heavy atom. The van der Waals surface area contributed by atoms with Crippen LogP contribution in [0.2, 0.25) is 0 Å². The fourth-order valence-corrected chi connectivity index (χ4v) is 5.82. The van der Waals surface area contributed by atoms with Crippen molar-refractivity contribution in [3.8, 4) is 0 Å². The largest absolute Gasteiger partial charge is 0.336 e. The predicted octanol–water partition coefficient (Wildman–Crippen LogP) is 3.46. The summed E-state index contributed by atoms with van der Waals surface area (Å²) in [4.78, 5) is 30.3. The molecule has 0 aliphatic carbocycles. The van der Waals surface area contributed by atoms with Gasteiger partial charge in [-0.1, -0.05) is 12.1 Å². The molecule has 5 nitrogen and oxygen atoms in total. The zero-order valence-electron chi connectivity index (χ0n) is 16.1. The van der Waals surface area contributed by atoms with Gasteiger partial charge in [0.1, 0.15) is 0 Å². The lowest BCUT2D eigenvalue weighted by atomic mass is 9.80. The minimum Gasteiger partial charge on any atom is -0.336 e. The quantitative estimate of drug-likeness (QED) is 0.750. The van der Waals surface area contributed by atoms with Crippen molar-refractivity contribution >= 4 is 34.5 Å². The molecule has 3 aliphatic rings. The van der Waals surface area contributed by atoms with Crippen LogP contribution in [0.4, 0.5) is 11.4 Å². The summed E-state index contributed by atoms with van der Waals surface area (Å²) in [5.41, 5.74) is 3.35. The van der Waals surface area contributed by atoms with Gasteiger partial charge >= 0.3 is 0 Å². The molecule has 1 aromatic carbocycles. The van der Waals surface area contributed by atoms with Crippen molar-refractivity contribution in [2.45, 2.75) is 32.2 Å². The lowest BCUT2D eigenvalue weighted by Crippen LogP contribution is -2.59. The Morgan fingerprint density at radius 2 is 2.07 bits per heavy atom. The van der Waals surface area contributed by atoms with Gasteiger partial charge in [0, 0.05) is 18.0 Å². The highest BCUT2D eigenvalue weighted by Crippen LogP contribution is 2.53. The Hall–Kier alpha value is -2.60. The summed E-state index contributed by atoms with van der Waals surface area (Å²) in [6.45, 7) is 8.84. The number of fused-ring (bicyclic) bond motifs is 2. The first kappa shape index (κ1) is 17.5. The summed E-state index contributed by atoms with van der Waals surface area (Å²) in [5, 5.41) is 5.84. The van der Waals surface area contributed by atoms with E-state index in [9.17, 15) is 9.59 Å². The highest BCUT2D eigenvalue weighted by atomic mass is 32.1. The summed E-state index contributed by atoms with van der Waals surface area (Å²) in [7, 11) is 0. The highest BCUT2D eigenvalue weighted by molar-refractivity contribution is 7.10. The number of anilines is 2. The van der Waals surface area contributed by atoms with Crippen molar-refractivity contribution in [1.82, 2.24) is 4.90 Å². The summed E-state index contributed by atoms with van der Waals surface area (Å²) in [6, 6.07) is 8.13. The third-order valence-electron chi connectivity index (χ3n) is 6.49. The van der Waals surface area contributed by atoms with Gasteiger partial charge in [0.05, 0.1) is 17.3 Å². The molecule has 2 saturated heterocycles. The molecule has 2 aromatic rings. The molecule has 0 radical (unpaired) electrons. The molecule has 2 fully saturated rings. The van der Waals surface area contributed by atoms with E-state index in [-0.39, 0.29) is 17.7 Å². The van der Waals surface area contributed by atoms with Crippen molar-refractivity contribution in [1.29, 1.82) is 0 Å². The summed E-state index contributed by atoms with van der Waals surface area (Å²) in [6.07, 6.45) is 3.25. The molecule has 0 bridgehead atoms. The van der Waals surface area contributed by atoms with E-state index in [1.54, 1.807) is 27.3 Å². The summed E-state index contributed by atoms with van der Waals surface area (Å²) < 4.78 is 0. The van der Waals surface area contributed by atoms with Crippen molar-refractivity contribution in [2.75, 3.05) is 23.1 Å². The van der Waals surface area contributed by atoms with Crippen LogP contribution in [0.1, 0.15) is 22.4 Å². The maximum absolute atomic E-state index is 13.7. The first-order valence-corrected chi connectivity index (χ1v) is 10.5. The predicted molar refractivity (Wildman–Crippen MR) is 112 cm³/mol. The van der Waals surface area contributed by atoms with E-state index in [1.807, 2.05) is 23.2 Å². The van der Waals surface area contributed by atoms with Gasteiger partial charge in [-0.25, -0.2) is 5.01 Å². The maximum Gasteiger partial charge on any atom is 0.253 e. The molecule has 28 heavy (non-hydrogen) atoms. The molecule has 6 heteroatoms. The first-order chi connectivity index (χ1) is 13.5. The first-order valence-electron chi connectivity index (χ1n) is 9.67. The lowest BCUT2D eigenvalue weighted by Gasteiger charge is -2.44. The second-order valence-electron chi connectivity index (χ2n) is 7.94. The Morgan fingerprint density at radius 1 is 1.25 bits per heavy atom. The SMILES string of the molecule is C=CCN1CC2C(=O)N(c3ccc(C)c(C)c3)N3c4ccsc4CCC23C1=O. The van der Waals surface area contributed by atoms with Gasteiger partial charge in [0.25, 0.3) is 11.8 Å². The molecule has 2 amide bonds. The third-order valence-corrected chi connectivity index (χ3v) is 7.46. The topological polar surface area (TPSA) is 43.9 Å². The number of rotatable bonds is 3. The highest BCUT2D eigenvalue weighted by Gasteiger charge is 2.69. The fraction of sp³-hybridized carbons (Fsp3) is 0.364. The van der Waals surface area contributed by atoms with Crippen LogP contribution in [-0.4, -0.2) is 35.3 Å². The van der Waals surface area contributed by atoms with Crippen LogP contribution in [-0.2, 0) is 16.0 Å². The normalized spacial score (nSPS) is 25.8. The number of amides is 2. The summed E-state index contributed by atoms with van der Waals surface area (Å²) >= 11 is 1.70. The molecule has 0 N–H and O–H groups in total.